The molecule has 6 heteroatoms. The number of hydrogen-bond donors (Lipinski definition) is 1. The van der Waals surface area contributed by atoms with Crippen molar-refractivity contribution in [3.63, 3.8) is 0 Å². The minimum Gasteiger partial charge on any atom is -0.450 e. The van der Waals surface area contributed by atoms with Crippen molar-refractivity contribution in [1.29, 1.82) is 0 Å². The van der Waals surface area contributed by atoms with E-state index in [2.05, 4.69) is 16.3 Å². The van der Waals surface area contributed by atoms with Crippen molar-refractivity contribution in [1.82, 2.24) is 9.78 Å². The highest BCUT2D eigenvalue weighted by Crippen LogP contribution is 2.17. The van der Waals surface area contributed by atoms with Crippen molar-refractivity contribution < 1.29 is 9.53 Å². The standard InChI is InChI=1S/C22H19N3O3/c1-3-16-8-10-18(11-9-16)20-12-13-21(26)25(24-20)15-17-6-5-7-19(14-17)23-22(27)28-4-2/h1,5-14H,4,15H2,2H3,(H,23,27). The van der Waals surface area contributed by atoms with Crippen LogP contribution in [0.5, 0.6) is 0 Å². The Bertz CT molecular complexity index is 1080. The molecule has 0 unspecified atom stereocenters. The highest BCUT2D eigenvalue weighted by atomic mass is 16.5. The first kappa shape index (κ1) is 18.9. The Kier molecular flexibility index (Phi) is 5.87. The molecule has 0 atom stereocenters. The van der Waals surface area contributed by atoms with Crippen LogP contribution in [0.25, 0.3) is 11.3 Å². The lowest BCUT2D eigenvalue weighted by Crippen LogP contribution is -2.23. The fourth-order valence-corrected chi connectivity index (χ4v) is 2.66. The van der Waals surface area contributed by atoms with Crippen molar-refractivity contribution in [2.24, 2.45) is 0 Å². The Labute approximate surface area is 162 Å². The summed E-state index contributed by atoms with van der Waals surface area (Å²) in [5.74, 6) is 2.57. The zero-order chi connectivity index (χ0) is 19.9. The van der Waals surface area contributed by atoms with Crippen LogP contribution in [0.4, 0.5) is 10.5 Å². The molecule has 1 amide bonds. The molecule has 0 aliphatic carbocycles. The molecule has 1 heterocycles. The largest absolute Gasteiger partial charge is 0.450 e. The Morgan fingerprint density at radius 2 is 1.96 bits per heavy atom. The summed E-state index contributed by atoms with van der Waals surface area (Å²) in [4.78, 5) is 23.8. The number of hydrogen-bond acceptors (Lipinski definition) is 4. The second kappa shape index (κ2) is 8.69. The van der Waals surface area contributed by atoms with Gasteiger partial charge >= 0.3 is 6.09 Å². The highest BCUT2D eigenvalue weighted by Gasteiger charge is 2.07. The Balaban J connectivity index is 1.83. The summed E-state index contributed by atoms with van der Waals surface area (Å²) >= 11 is 0. The van der Waals surface area contributed by atoms with Crippen molar-refractivity contribution in [3.05, 3.63) is 82.1 Å². The average Bonchev–Trinajstić information content (AvgIpc) is 2.70. The van der Waals surface area contributed by atoms with E-state index >= 15 is 0 Å². The van der Waals surface area contributed by atoms with Gasteiger partial charge in [0.25, 0.3) is 5.56 Å². The molecule has 6 nitrogen and oxygen atoms in total. The first-order valence-corrected chi connectivity index (χ1v) is 8.77. The SMILES string of the molecule is C#Cc1ccc(-c2ccc(=O)n(Cc3cccc(NC(=O)OCC)c3)n2)cc1. The lowest BCUT2D eigenvalue weighted by Gasteiger charge is -2.10. The number of ether oxygens (including phenoxy) is 1. The van der Waals surface area contributed by atoms with Gasteiger partial charge in [0, 0.05) is 22.9 Å². The van der Waals surface area contributed by atoms with E-state index in [1.807, 2.05) is 30.3 Å². The molecule has 1 aromatic heterocycles. The second-order valence-electron chi connectivity index (χ2n) is 5.98. The molecule has 140 valence electrons. The van der Waals surface area contributed by atoms with E-state index in [0.29, 0.717) is 18.0 Å². The Hall–Kier alpha value is -3.85. The number of amides is 1. The Morgan fingerprint density at radius 3 is 2.68 bits per heavy atom. The summed E-state index contributed by atoms with van der Waals surface area (Å²) in [7, 11) is 0. The van der Waals surface area contributed by atoms with Crippen LogP contribution in [0.3, 0.4) is 0 Å². The van der Waals surface area contributed by atoms with E-state index in [1.54, 1.807) is 31.2 Å². The summed E-state index contributed by atoms with van der Waals surface area (Å²) in [6.45, 7) is 2.30. The van der Waals surface area contributed by atoms with Gasteiger partial charge in [-0.05, 0) is 42.8 Å². The van der Waals surface area contributed by atoms with Crippen LogP contribution in [-0.2, 0) is 11.3 Å². The number of benzene rings is 2. The first-order chi connectivity index (χ1) is 13.6. The molecule has 0 saturated carbocycles. The van der Waals surface area contributed by atoms with E-state index in [0.717, 1.165) is 16.7 Å². The van der Waals surface area contributed by atoms with Crippen molar-refractivity contribution in [2.45, 2.75) is 13.5 Å². The Morgan fingerprint density at radius 1 is 1.18 bits per heavy atom. The summed E-state index contributed by atoms with van der Waals surface area (Å²) in [6, 6.07) is 17.8. The van der Waals surface area contributed by atoms with Gasteiger partial charge in [0.1, 0.15) is 0 Å². The smallest absolute Gasteiger partial charge is 0.411 e. The van der Waals surface area contributed by atoms with Gasteiger partial charge in [-0.2, -0.15) is 5.10 Å². The first-order valence-electron chi connectivity index (χ1n) is 8.77. The van der Waals surface area contributed by atoms with E-state index in [-0.39, 0.29) is 12.1 Å². The molecule has 28 heavy (non-hydrogen) atoms. The fraction of sp³-hybridized carbons (Fsp3) is 0.136. The lowest BCUT2D eigenvalue weighted by molar-refractivity contribution is 0.168. The molecule has 0 aliphatic heterocycles. The third-order valence-electron chi connectivity index (χ3n) is 4.00. The predicted molar refractivity (Wildman–Crippen MR) is 108 cm³/mol. The fourth-order valence-electron chi connectivity index (χ4n) is 2.66. The van der Waals surface area contributed by atoms with Gasteiger partial charge in [0.05, 0.1) is 18.8 Å². The quantitative estimate of drug-likeness (QED) is 0.695. The van der Waals surface area contributed by atoms with E-state index < -0.39 is 6.09 Å². The van der Waals surface area contributed by atoms with Crippen molar-refractivity contribution >= 4 is 11.8 Å². The lowest BCUT2D eigenvalue weighted by atomic mass is 10.1. The molecule has 0 bridgehead atoms. The number of aromatic nitrogens is 2. The molecule has 1 N–H and O–H groups in total. The molecule has 2 aromatic carbocycles. The van der Waals surface area contributed by atoms with Gasteiger partial charge in [0.15, 0.2) is 0 Å². The highest BCUT2D eigenvalue weighted by molar-refractivity contribution is 5.84. The van der Waals surface area contributed by atoms with Crippen LogP contribution in [0.15, 0.2) is 65.5 Å². The van der Waals surface area contributed by atoms with Crippen LogP contribution in [0.2, 0.25) is 0 Å². The third kappa shape index (κ3) is 4.65. The minimum atomic E-state index is -0.521. The molecule has 0 fully saturated rings. The number of rotatable bonds is 5. The molecule has 0 spiro atoms. The third-order valence-corrected chi connectivity index (χ3v) is 4.00. The summed E-state index contributed by atoms with van der Waals surface area (Å²) in [6.07, 6.45) is 4.86. The topological polar surface area (TPSA) is 73.2 Å². The van der Waals surface area contributed by atoms with Gasteiger partial charge in [-0.25, -0.2) is 9.48 Å². The minimum absolute atomic E-state index is 0.215. The average molecular weight is 373 g/mol. The van der Waals surface area contributed by atoms with Gasteiger partial charge < -0.3 is 4.74 Å². The molecule has 0 aliphatic rings. The van der Waals surface area contributed by atoms with Crippen molar-refractivity contribution in [3.8, 4) is 23.6 Å². The number of nitrogens with zero attached hydrogens (tertiary/aromatic N) is 2. The number of anilines is 1. The summed E-state index contributed by atoms with van der Waals surface area (Å²) in [5.41, 5.74) is 3.51. The molecule has 0 radical (unpaired) electrons. The van der Waals surface area contributed by atoms with Gasteiger partial charge in [-0.3, -0.25) is 10.1 Å². The zero-order valence-corrected chi connectivity index (χ0v) is 15.4. The molecule has 3 aromatic rings. The molecule has 3 rings (SSSR count). The van der Waals surface area contributed by atoms with Gasteiger partial charge in [-0.15, -0.1) is 6.42 Å². The number of terminal acetylenes is 1. The van der Waals surface area contributed by atoms with E-state index in [1.165, 1.54) is 10.7 Å². The van der Waals surface area contributed by atoms with Crippen molar-refractivity contribution in [2.75, 3.05) is 11.9 Å². The second-order valence-corrected chi connectivity index (χ2v) is 5.98. The van der Waals surface area contributed by atoms with Crippen LogP contribution >= 0.6 is 0 Å². The summed E-state index contributed by atoms with van der Waals surface area (Å²) in [5, 5.41) is 7.10. The normalized spacial score (nSPS) is 10.1. The predicted octanol–water partition coefficient (Wildman–Crippen LogP) is 3.51. The number of carbonyl (C=O) groups is 1. The van der Waals surface area contributed by atoms with E-state index in [4.69, 9.17) is 11.2 Å². The van der Waals surface area contributed by atoms with Gasteiger partial charge in [0.2, 0.25) is 0 Å². The van der Waals surface area contributed by atoms with Gasteiger partial charge in [-0.1, -0.05) is 30.2 Å². The van der Waals surface area contributed by atoms with Crippen LogP contribution < -0.4 is 10.9 Å². The number of carbonyl (C=O) groups excluding carboxylic acids is 1. The van der Waals surface area contributed by atoms with Crippen LogP contribution in [0.1, 0.15) is 18.1 Å². The maximum absolute atomic E-state index is 12.2. The van der Waals surface area contributed by atoms with Crippen LogP contribution in [0, 0.1) is 12.3 Å². The summed E-state index contributed by atoms with van der Waals surface area (Å²) < 4.78 is 6.26. The molecular weight excluding hydrogens is 354 g/mol. The number of nitrogens with one attached hydrogen (secondary N) is 1. The zero-order valence-electron chi connectivity index (χ0n) is 15.4. The maximum atomic E-state index is 12.2. The monoisotopic (exact) mass is 373 g/mol. The van der Waals surface area contributed by atoms with E-state index in [9.17, 15) is 9.59 Å². The molecule has 0 saturated heterocycles. The van der Waals surface area contributed by atoms with Crippen LogP contribution in [-0.4, -0.2) is 22.5 Å². The molecular formula is C22H19N3O3. The maximum Gasteiger partial charge on any atom is 0.411 e.